The molecule has 5 rings (SSSR count). The van der Waals surface area contributed by atoms with Crippen LogP contribution in [0, 0.1) is 11.6 Å². The number of ether oxygens (including phenoxy) is 1. The van der Waals surface area contributed by atoms with Crippen LogP contribution in [0.5, 0.6) is 5.75 Å². The summed E-state index contributed by atoms with van der Waals surface area (Å²) in [7, 11) is 1.94. The second kappa shape index (κ2) is 12.4. The van der Waals surface area contributed by atoms with Gasteiger partial charge >= 0.3 is 11.5 Å². The maximum Gasteiger partial charge on any atom is 0.487 e. The minimum atomic E-state index is -4.30. The number of hydrogen-bond donors (Lipinski definition) is 1. The summed E-state index contributed by atoms with van der Waals surface area (Å²) < 4.78 is 64.1. The highest BCUT2D eigenvalue weighted by Crippen LogP contribution is 2.43. The lowest BCUT2D eigenvalue weighted by Gasteiger charge is -2.38. The van der Waals surface area contributed by atoms with Gasteiger partial charge in [-0.1, -0.05) is 19.1 Å². The Bertz CT molecular complexity index is 1740. The Morgan fingerprint density at radius 1 is 1.00 bits per heavy atom. The van der Waals surface area contributed by atoms with Crippen LogP contribution in [0.1, 0.15) is 22.8 Å². The van der Waals surface area contributed by atoms with E-state index < -0.39 is 45.3 Å². The lowest BCUT2D eigenvalue weighted by molar-refractivity contribution is -0.0955. The van der Waals surface area contributed by atoms with Crippen LogP contribution in [-0.4, -0.2) is 65.9 Å². The molecule has 1 saturated heterocycles. The van der Waals surface area contributed by atoms with Gasteiger partial charge in [0.1, 0.15) is 22.6 Å². The molecule has 1 aromatic heterocycles. The number of aromatic nitrogens is 1. The van der Waals surface area contributed by atoms with Gasteiger partial charge in [0.05, 0.1) is 5.39 Å². The topological polar surface area (TPSA) is 78.2 Å². The monoisotopic (exact) mass is 632 g/mol. The van der Waals surface area contributed by atoms with Crippen molar-refractivity contribution in [1.29, 1.82) is 0 Å². The smallest absolute Gasteiger partial charge is 0.477 e. The maximum absolute atomic E-state index is 15.9. The van der Waals surface area contributed by atoms with Crippen molar-refractivity contribution in [2.24, 2.45) is 0 Å². The van der Waals surface area contributed by atoms with Gasteiger partial charge in [0.25, 0.3) is 0 Å². The maximum atomic E-state index is 15.9. The molecule has 4 aromatic rings. The zero-order valence-electron chi connectivity index (χ0n) is 23.9. The summed E-state index contributed by atoms with van der Waals surface area (Å²) in [6.45, 7) is 4.39. The highest BCUT2D eigenvalue weighted by atomic mass is 35.5. The zero-order chi connectivity index (χ0) is 31.8. The number of rotatable bonds is 9. The average molecular weight is 633 g/mol. The predicted molar refractivity (Wildman–Crippen MR) is 161 cm³/mol. The molecule has 1 fully saturated rings. The summed E-state index contributed by atoms with van der Waals surface area (Å²) >= 11 is 5.23. The number of anilines is 2. The Labute approximate surface area is 255 Å². The molecule has 1 N–H and O–H groups in total. The fraction of sp³-hybridized carbons (Fsp3) is 0.290. The number of alkyl halides is 3. The first kappa shape index (κ1) is 31.1. The van der Waals surface area contributed by atoms with E-state index in [-0.39, 0.29) is 24.3 Å². The summed E-state index contributed by atoms with van der Waals surface area (Å²) in [6, 6.07) is 13.5. The number of halogens is 5. The standard InChI is InChI=1S/C31H29ClF4N4O4/c1-3-37(2)17-19-4-8-22(9-5-19)40-18-24(30(42)43)28(41)23-16-25(34)27(29(26(23)40)44-31(32,35)36)39-14-12-38(13-15-39)21-10-6-20(33)7-11-21/h4-11,16,18H,3,12-15,17H2,1-2H3,(H,42,43). The van der Waals surface area contributed by atoms with Crippen molar-refractivity contribution >= 4 is 39.8 Å². The quantitative estimate of drug-likeness (QED) is 0.182. The number of carboxylic acids is 1. The number of nitrogens with zero attached hydrogens (tertiary/aromatic N) is 4. The van der Waals surface area contributed by atoms with E-state index in [1.807, 2.05) is 18.9 Å². The minimum absolute atomic E-state index is 0.154. The Morgan fingerprint density at radius 2 is 1.59 bits per heavy atom. The number of hydrogen-bond acceptors (Lipinski definition) is 6. The van der Waals surface area contributed by atoms with E-state index >= 15 is 4.39 Å². The van der Waals surface area contributed by atoms with Gasteiger partial charge in [-0.05, 0) is 61.6 Å². The minimum Gasteiger partial charge on any atom is -0.477 e. The van der Waals surface area contributed by atoms with Crippen molar-refractivity contribution in [3.63, 3.8) is 0 Å². The Hall–Kier alpha value is -4.29. The first-order chi connectivity index (χ1) is 20.9. The Morgan fingerprint density at radius 3 is 2.16 bits per heavy atom. The summed E-state index contributed by atoms with van der Waals surface area (Å²) in [5.41, 5.74) is -4.69. The van der Waals surface area contributed by atoms with Gasteiger partial charge in [-0.25, -0.2) is 13.6 Å². The second-order valence-electron chi connectivity index (χ2n) is 10.5. The van der Waals surface area contributed by atoms with Gasteiger partial charge in [-0.2, -0.15) is 0 Å². The number of aromatic carboxylic acids is 1. The van der Waals surface area contributed by atoms with Gasteiger partial charge in [0.15, 0.2) is 11.6 Å². The summed E-state index contributed by atoms with van der Waals surface area (Å²) in [5, 5.41) is 9.30. The SMILES string of the molecule is CCN(C)Cc1ccc(-n2cc(C(=O)O)c(=O)c3cc(F)c(N4CCN(c5ccc(F)cc5)CC4)c(OC(F)(F)Cl)c32)cc1. The molecule has 13 heteroatoms. The molecule has 0 aliphatic carbocycles. The predicted octanol–water partition coefficient (Wildman–Crippen LogP) is 5.91. The van der Waals surface area contributed by atoms with Crippen molar-refractivity contribution in [3.8, 4) is 11.4 Å². The molecule has 0 bridgehead atoms. The van der Waals surface area contributed by atoms with Crippen LogP contribution < -0.4 is 20.0 Å². The van der Waals surface area contributed by atoms with E-state index in [4.69, 9.17) is 16.3 Å². The highest BCUT2D eigenvalue weighted by Gasteiger charge is 2.35. The molecule has 0 radical (unpaired) electrons. The third-order valence-electron chi connectivity index (χ3n) is 7.61. The number of carbonyl (C=O) groups is 1. The molecular weight excluding hydrogens is 604 g/mol. The van der Waals surface area contributed by atoms with E-state index in [9.17, 15) is 27.9 Å². The number of piperazine rings is 1. The molecule has 1 aliphatic rings. The van der Waals surface area contributed by atoms with Gasteiger partial charge in [-0.3, -0.25) is 4.79 Å². The molecule has 0 saturated carbocycles. The highest BCUT2D eigenvalue weighted by molar-refractivity contribution is 6.21. The fourth-order valence-corrected chi connectivity index (χ4v) is 5.38. The molecule has 0 amide bonds. The van der Waals surface area contributed by atoms with E-state index in [0.29, 0.717) is 25.3 Å². The molecule has 1 aliphatic heterocycles. The zero-order valence-corrected chi connectivity index (χ0v) is 24.6. The lowest BCUT2D eigenvalue weighted by atomic mass is 10.1. The Balaban J connectivity index is 1.67. The first-order valence-electron chi connectivity index (χ1n) is 13.8. The van der Waals surface area contributed by atoms with Gasteiger partial charge < -0.3 is 29.1 Å². The third-order valence-corrected chi connectivity index (χ3v) is 7.69. The van der Waals surface area contributed by atoms with Crippen molar-refractivity contribution in [1.82, 2.24) is 9.47 Å². The van der Waals surface area contributed by atoms with Crippen LogP contribution in [0.25, 0.3) is 16.6 Å². The van der Waals surface area contributed by atoms with E-state index in [2.05, 4.69) is 4.90 Å². The number of pyridine rings is 1. The van der Waals surface area contributed by atoms with Gasteiger partial charge in [-0.15, -0.1) is 8.78 Å². The molecule has 3 aromatic carbocycles. The average Bonchev–Trinajstić information content (AvgIpc) is 2.98. The van der Waals surface area contributed by atoms with Crippen LogP contribution >= 0.6 is 11.6 Å². The van der Waals surface area contributed by atoms with Crippen LogP contribution in [-0.2, 0) is 6.54 Å². The molecule has 232 valence electrons. The molecule has 0 atom stereocenters. The summed E-state index contributed by atoms with van der Waals surface area (Å²) in [5.74, 6) is -3.74. The first-order valence-corrected chi connectivity index (χ1v) is 14.2. The fourth-order valence-electron chi connectivity index (χ4n) is 5.30. The third kappa shape index (κ3) is 6.46. The molecule has 2 heterocycles. The second-order valence-corrected chi connectivity index (χ2v) is 10.9. The number of carboxylic acid groups (broad SMARTS) is 1. The summed E-state index contributed by atoms with van der Waals surface area (Å²) in [4.78, 5) is 30.8. The van der Waals surface area contributed by atoms with E-state index in [1.165, 1.54) is 21.6 Å². The Kier molecular flexibility index (Phi) is 8.76. The van der Waals surface area contributed by atoms with Crippen molar-refractivity contribution in [2.75, 3.05) is 49.6 Å². The number of fused-ring (bicyclic) bond motifs is 1. The van der Waals surface area contributed by atoms with Gasteiger partial charge in [0.2, 0.25) is 5.43 Å². The normalized spacial score (nSPS) is 14.0. The van der Waals surface area contributed by atoms with E-state index in [0.717, 1.165) is 30.1 Å². The molecule has 44 heavy (non-hydrogen) atoms. The van der Waals surface area contributed by atoms with Crippen LogP contribution in [0.4, 0.5) is 28.9 Å². The van der Waals surface area contributed by atoms with Crippen LogP contribution in [0.15, 0.2) is 65.6 Å². The van der Waals surface area contributed by atoms with Crippen molar-refractivity contribution in [2.45, 2.75) is 19.0 Å². The summed E-state index contributed by atoms with van der Waals surface area (Å²) in [6.07, 6.45) is 1.01. The van der Waals surface area contributed by atoms with E-state index in [1.54, 1.807) is 36.4 Å². The van der Waals surface area contributed by atoms with Crippen molar-refractivity contribution in [3.05, 3.63) is 93.8 Å². The molecule has 8 nitrogen and oxygen atoms in total. The lowest BCUT2D eigenvalue weighted by Crippen LogP contribution is -2.47. The van der Waals surface area contributed by atoms with Gasteiger partial charge in [0, 0.05) is 61.9 Å². The largest absolute Gasteiger partial charge is 0.487 e. The molecular formula is C31H29ClF4N4O4. The van der Waals surface area contributed by atoms with Crippen molar-refractivity contribution < 1.29 is 32.2 Å². The number of benzene rings is 3. The van der Waals surface area contributed by atoms with Crippen LogP contribution in [0.3, 0.4) is 0 Å². The van der Waals surface area contributed by atoms with Crippen LogP contribution in [0.2, 0.25) is 0 Å². The molecule has 0 unspecified atom stereocenters. The molecule has 0 spiro atoms.